The molecule has 0 aliphatic heterocycles. The third kappa shape index (κ3) is 6.33. The Morgan fingerprint density at radius 3 is 2.38 bits per heavy atom. The minimum Gasteiger partial charge on any atom is -0.399 e. The zero-order valence-electron chi connectivity index (χ0n) is 14.7. The quantitative estimate of drug-likeness (QED) is 0.624. The number of rotatable bonds is 7. The van der Waals surface area contributed by atoms with Gasteiger partial charge in [-0.25, -0.2) is 13.1 Å². The predicted molar refractivity (Wildman–Crippen MR) is 106 cm³/mol. The van der Waals surface area contributed by atoms with Crippen molar-refractivity contribution in [2.45, 2.75) is 31.2 Å². The number of benzene rings is 2. The number of nitrogen functional groups attached to an aromatic ring is 1. The lowest BCUT2D eigenvalue weighted by Crippen LogP contribution is -2.30. The number of nitrogens with one attached hydrogen (secondary N) is 2. The van der Waals surface area contributed by atoms with Gasteiger partial charge in [-0.2, -0.15) is 0 Å². The van der Waals surface area contributed by atoms with Crippen LogP contribution in [0.3, 0.4) is 0 Å². The van der Waals surface area contributed by atoms with E-state index in [-0.39, 0.29) is 29.3 Å². The topological polar surface area (TPSA) is 101 Å². The third-order valence-corrected chi connectivity index (χ3v) is 5.13. The van der Waals surface area contributed by atoms with Crippen LogP contribution < -0.4 is 15.8 Å². The summed E-state index contributed by atoms with van der Waals surface area (Å²) in [6.07, 6.45) is 0.666. The number of anilines is 1. The molecule has 0 unspecified atom stereocenters. The first-order valence-corrected chi connectivity index (χ1v) is 9.51. The Morgan fingerprint density at radius 1 is 1.12 bits per heavy atom. The molecular formula is C18H24ClN3O3S. The number of carbonyl (C=O) groups excluding carboxylic acids is 1. The van der Waals surface area contributed by atoms with Crippen molar-refractivity contribution in [3.8, 4) is 0 Å². The van der Waals surface area contributed by atoms with Crippen LogP contribution in [-0.2, 0) is 16.4 Å². The number of nitrogens with two attached hydrogens (primary N) is 1. The summed E-state index contributed by atoms with van der Waals surface area (Å²) in [6.45, 7) is 3.93. The molecule has 2 aromatic rings. The first-order valence-electron chi connectivity index (χ1n) is 8.03. The molecule has 1 amide bonds. The molecule has 2 rings (SSSR count). The highest BCUT2D eigenvalue weighted by molar-refractivity contribution is 7.89. The molecule has 0 bridgehead atoms. The van der Waals surface area contributed by atoms with Gasteiger partial charge in [0.1, 0.15) is 0 Å². The van der Waals surface area contributed by atoms with Crippen molar-refractivity contribution >= 4 is 34.0 Å². The van der Waals surface area contributed by atoms with Crippen LogP contribution in [0, 0.1) is 0 Å². The van der Waals surface area contributed by atoms with E-state index >= 15 is 0 Å². The molecule has 0 atom stereocenters. The molecule has 142 valence electrons. The van der Waals surface area contributed by atoms with Gasteiger partial charge in [0.15, 0.2) is 0 Å². The molecule has 6 nitrogen and oxygen atoms in total. The summed E-state index contributed by atoms with van der Waals surface area (Å²) < 4.78 is 26.9. The van der Waals surface area contributed by atoms with Crippen LogP contribution in [0.4, 0.5) is 5.69 Å². The number of hydrogen-bond donors (Lipinski definition) is 3. The molecule has 0 heterocycles. The molecule has 0 aliphatic rings. The van der Waals surface area contributed by atoms with E-state index in [1.54, 1.807) is 26.0 Å². The fraction of sp³-hybridized carbons (Fsp3) is 0.278. The van der Waals surface area contributed by atoms with Gasteiger partial charge in [0.2, 0.25) is 10.0 Å². The van der Waals surface area contributed by atoms with Crippen molar-refractivity contribution in [3.05, 3.63) is 59.7 Å². The van der Waals surface area contributed by atoms with Gasteiger partial charge in [-0.1, -0.05) is 18.2 Å². The molecule has 26 heavy (non-hydrogen) atoms. The number of hydrogen-bond acceptors (Lipinski definition) is 4. The second kappa shape index (κ2) is 9.56. The van der Waals surface area contributed by atoms with E-state index in [0.717, 1.165) is 5.56 Å². The van der Waals surface area contributed by atoms with Crippen LogP contribution in [0.1, 0.15) is 29.8 Å². The molecule has 8 heteroatoms. The lowest BCUT2D eigenvalue weighted by atomic mass is 10.1. The highest BCUT2D eigenvalue weighted by Crippen LogP contribution is 2.12. The van der Waals surface area contributed by atoms with Gasteiger partial charge in [0.25, 0.3) is 5.91 Å². The monoisotopic (exact) mass is 397 g/mol. The maximum absolute atomic E-state index is 12.2. The Morgan fingerprint density at radius 2 is 1.77 bits per heavy atom. The molecule has 0 saturated heterocycles. The van der Waals surface area contributed by atoms with E-state index in [0.29, 0.717) is 24.2 Å². The van der Waals surface area contributed by atoms with Gasteiger partial charge in [0, 0.05) is 23.8 Å². The molecule has 4 N–H and O–H groups in total. The van der Waals surface area contributed by atoms with Crippen molar-refractivity contribution in [1.29, 1.82) is 0 Å². The predicted octanol–water partition coefficient (Wildman–Crippen LogP) is 2.35. The third-order valence-electron chi connectivity index (χ3n) is 3.48. The summed E-state index contributed by atoms with van der Waals surface area (Å²) in [5.41, 5.74) is 7.70. The maximum atomic E-state index is 12.2. The van der Waals surface area contributed by atoms with Gasteiger partial charge in [-0.15, -0.1) is 12.4 Å². The van der Waals surface area contributed by atoms with Crippen LogP contribution in [0.5, 0.6) is 0 Å². The minimum absolute atomic E-state index is 0. The van der Waals surface area contributed by atoms with Crippen molar-refractivity contribution in [2.75, 3.05) is 12.3 Å². The zero-order valence-corrected chi connectivity index (χ0v) is 16.4. The van der Waals surface area contributed by atoms with Gasteiger partial charge < -0.3 is 11.1 Å². The van der Waals surface area contributed by atoms with Gasteiger partial charge >= 0.3 is 0 Å². The van der Waals surface area contributed by atoms with Crippen LogP contribution in [0.25, 0.3) is 0 Å². The highest BCUT2D eigenvalue weighted by atomic mass is 35.5. The first kappa shape index (κ1) is 22.0. The summed E-state index contributed by atoms with van der Waals surface area (Å²) in [6, 6.07) is 13.2. The zero-order chi connectivity index (χ0) is 18.4. The van der Waals surface area contributed by atoms with E-state index in [2.05, 4.69) is 10.0 Å². The Balaban J connectivity index is 0.00000338. The fourth-order valence-corrected chi connectivity index (χ4v) is 3.59. The molecule has 0 aliphatic carbocycles. The average molecular weight is 398 g/mol. The lowest BCUT2D eigenvalue weighted by Gasteiger charge is -2.11. The van der Waals surface area contributed by atoms with Gasteiger partial charge in [-0.3, -0.25) is 4.79 Å². The van der Waals surface area contributed by atoms with Crippen LogP contribution >= 0.6 is 12.4 Å². The SMILES string of the molecule is CC(C)NS(=O)(=O)c1cccc(C(=O)NCCc2ccc(N)cc2)c1.Cl. The maximum Gasteiger partial charge on any atom is 0.251 e. The highest BCUT2D eigenvalue weighted by Gasteiger charge is 2.17. The van der Waals surface area contributed by atoms with E-state index in [1.165, 1.54) is 12.1 Å². The van der Waals surface area contributed by atoms with E-state index in [4.69, 9.17) is 5.73 Å². The summed E-state index contributed by atoms with van der Waals surface area (Å²) in [4.78, 5) is 12.3. The summed E-state index contributed by atoms with van der Waals surface area (Å²) in [5.74, 6) is -0.308. The van der Waals surface area contributed by atoms with Crippen molar-refractivity contribution in [3.63, 3.8) is 0 Å². The average Bonchev–Trinajstić information content (AvgIpc) is 2.55. The number of halogens is 1. The van der Waals surface area contributed by atoms with Crippen molar-refractivity contribution in [2.24, 2.45) is 0 Å². The molecule has 0 spiro atoms. The number of carbonyl (C=O) groups is 1. The molecule has 0 fully saturated rings. The Labute approximate surface area is 160 Å². The second-order valence-electron chi connectivity index (χ2n) is 6.05. The van der Waals surface area contributed by atoms with Crippen LogP contribution in [-0.4, -0.2) is 26.9 Å². The molecule has 2 aromatic carbocycles. The normalized spacial score (nSPS) is 11.0. The molecule has 0 aromatic heterocycles. The largest absolute Gasteiger partial charge is 0.399 e. The number of sulfonamides is 1. The molecule has 0 saturated carbocycles. The standard InChI is InChI=1S/C18H23N3O3S.ClH/c1-13(2)21-25(23,24)17-5-3-4-15(12-17)18(22)20-11-10-14-6-8-16(19)9-7-14;/h3-9,12-13,21H,10-11,19H2,1-2H3,(H,20,22);1H. The Kier molecular flexibility index (Phi) is 8.08. The fourth-order valence-electron chi connectivity index (χ4n) is 2.29. The first-order chi connectivity index (χ1) is 11.8. The van der Waals surface area contributed by atoms with Crippen molar-refractivity contribution < 1.29 is 13.2 Å². The van der Waals surface area contributed by atoms with Gasteiger partial charge in [-0.05, 0) is 56.2 Å². The van der Waals surface area contributed by atoms with E-state index < -0.39 is 10.0 Å². The van der Waals surface area contributed by atoms with E-state index in [1.807, 2.05) is 24.3 Å². The van der Waals surface area contributed by atoms with Gasteiger partial charge in [0.05, 0.1) is 4.90 Å². The van der Waals surface area contributed by atoms with Crippen LogP contribution in [0.15, 0.2) is 53.4 Å². The molecular weight excluding hydrogens is 374 g/mol. The Hall–Kier alpha value is -2.09. The number of amides is 1. The smallest absolute Gasteiger partial charge is 0.251 e. The molecule has 0 radical (unpaired) electrons. The van der Waals surface area contributed by atoms with Crippen molar-refractivity contribution in [1.82, 2.24) is 10.0 Å². The summed E-state index contributed by atoms with van der Waals surface area (Å²) in [7, 11) is -3.62. The minimum atomic E-state index is -3.62. The van der Waals surface area contributed by atoms with Crippen LogP contribution in [0.2, 0.25) is 0 Å². The summed E-state index contributed by atoms with van der Waals surface area (Å²) >= 11 is 0. The lowest BCUT2D eigenvalue weighted by molar-refractivity contribution is 0.0954. The Bertz CT molecular complexity index is 837. The summed E-state index contributed by atoms with van der Waals surface area (Å²) in [5, 5.41) is 2.80. The van der Waals surface area contributed by atoms with E-state index in [9.17, 15) is 13.2 Å². The second-order valence-corrected chi connectivity index (χ2v) is 7.77.